The van der Waals surface area contributed by atoms with Gasteiger partial charge in [-0.2, -0.15) is 13.2 Å². The normalized spacial score (nSPS) is 11.2. The number of aromatic nitrogens is 2. The molecule has 4 nitrogen and oxygen atoms in total. The summed E-state index contributed by atoms with van der Waals surface area (Å²) in [5.41, 5.74) is 1.58. The summed E-state index contributed by atoms with van der Waals surface area (Å²) in [7, 11) is 0. The van der Waals surface area contributed by atoms with Gasteiger partial charge in [0.25, 0.3) is 0 Å². The molecule has 0 atom stereocenters. The molecule has 3 rings (SSSR count). The molecule has 0 saturated heterocycles. The maximum atomic E-state index is 13.2. The summed E-state index contributed by atoms with van der Waals surface area (Å²) in [5.74, 6) is -0.805. The molecule has 0 fully saturated rings. The molecule has 0 aliphatic heterocycles. The number of amides is 1. The minimum atomic E-state index is -4.50. The van der Waals surface area contributed by atoms with Crippen LogP contribution < -0.4 is 5.32 Å². The number of carbonyl (C=O) groups is 1. The minimum Gasteiger partial charge on any atom is -0.348 e. The highest BCUT2D eigenvalue weighted by molar-refractivity contribution is 5.87. The number of pyridine rings is 2. The topological polar surface area (TPSA) is 54.9 Å². The van der Waals surface area contributed by atoms with E-state index in [0.29, 0.717) is 22.4 Å². The lowest BCUT2D eigenvalue weighted by atomic mass is 10.0. The molecule has 2 aromatic heterocycles. The standard InChI is InChI=1S/C21H15F4N3O/c1-2-20(29)28-11-14-10-26-19(13-3-6-16(22)7-4-13)9-17(14)18-8-5-15(12-27-18)21(23,24)25/h2-10,12H,1,11H2,(H,28,29). The molecule has 0 aliphatic carbocycles. The van der Waals surface area contributed by atoms with Crippen molar-refractivity contribution in [2.45, 2.75) is 12.7 Å². The summed E-state index contributed by atoms with van der Waals surface area (Å²) in [5, 5.41) is 2.61. The van der Waals surface area contributed by atoms with Gasteiger partial charge in [0.1, 0.15) is 5.82 Å². The molecule has 8 heteroatoms. The Labute approximate surface area is 163 Å². The van der Waals surface area contributed by atoms with Crippen molar-refractivity contribution in [3.8, 4) is 22.5 Å². The van der Waals surface area contributed by atoms with E-state index in [2.05, 4.69) is 21.9 Å². The molecule has 0 radical (unpaired) electrons. The Balaban J connectivity index is 2.04. The zero-order valence-corrected chi connectivity index (χ0v) is 15.0. The van der Waals surface area contributed by atoms with E-state index in [4.69, 9.17) is 0 Å². The summed E-state index contributed by atoms with van der Waals surface area (Å²) >= 11 is 0. The van der Waals surface area contributed by atoms with Gasteiger partial charge in [-0.1, -0.05) is 6.58 Å². The van der Waals surface area contributed by atoms with E-state index >= 15 is 0 Å². The molecular weight excluding hydrogens is 386 g/mol. The van der Waals surface area contributed by atoms with E-state index in [1.54, 1.807) is 18.2 Å². The SMILES string of the molecule is C=CC(=O)NCc1cnc(-c2ccc(F)cc2)cc1-c1ccc(C(F)(F)F)cn1. The summed E-state index contributed by atoms with van der Waals surface area (Å²) in [6, 6.07) is 9.48. The number of hydrogen-bond acceptors (Lipinski definition) is 3. The van der Waals surface area contributed by atoms with E-state index in [9.17, 15) is 22.4 Å². The van der Waals surface area contributed by atoms with Crippen LogP contribution in [0.5, 0.6) is 0 Å². The second-order valence-corrected chi connectivity index (χ2v) is 6.09. The molecule has 148 valence electrons. The fourth-order valence-electron chi connectivity index (χ4n) is 2.62. The van der Waals surface area contributed by atoms with Crippen molar-refractivity contribution in [3.05, 3.63) is 84.5 Å². The van der Waals surface area contributed by atoms with Gasteiger partial charge in [0.15, 0.2) is 0 Å². The van der Waals surface area contributed by atoms with Gasteiger partial charge in [0, 0.05) is 30.1 Å². The Bertz CT molecular complexity index is 1030. The van der Waals surface area contributed by atoms with Gasteiger partial charge in [-0.05, 0) is 54.1 Å². The average Bonchev–Trinajstić information content (AvgIpc) is 2.72. The Kier molecular flexibility index (Phi) is 5.72. The first-order valence-electron chi connectivity index (χ1n) is 8.46. The van der Waals surface area contributed by atoms with Gasteiger partial charge in [-0.3, -0.25) is 14.8 Å². The number of nitrogens with one attached hydrogen (secondary N) is 1. The quantitative estimate of drug-likeness (QED) is 0.495. The number of benzene rings is 1. The molecular formula is C21H15F4N3O. The number of alkyl halides is 3. The fraction of sp³-hybridized carbons (Fsp3) is 0.0952. The second kappa shape index (κ2) is 8.22. The van der Waals surface area contributed by atoms with Crippen molar-refractivity contribution in [3.63, 3.8) is 0 Å². The molecule has 0 spiro atoms. The third-order valence-corrected chi connectivity index (χ3v) is 4.13. The number of hydrogen-bond donors (Lipinski definition) is 1. The van der Waals surface area contributed by atoms with Crippen LogP contribution in [-0.4, -0.2) is 15.9 Å². The van der Waals surface area contributed by atoms with Crippen LogP contribution >= 0.6 is 0 Å². The smallest absolute Gasteiger partial charge is 0.348 e. The lowest BCUT2D eigenvalue weighted by molar-refractivity contribution is -0.137. The summed E-state index contributed by atoms with van der Waals surface area (Å²) in [6.07, 6.45) is -1.14. The predicted molar refractivity (Wildman–Crippen MR) is 99.9 cm³/mol. The molecule has 3 aromatic rings. The Morgan fingerprint density at radius 2 is 1.72 bits per heavy atom. The molecule has 1 N–H and O–H groups in total. The minimum absolute atomic E-state index is 0.0829. The van der Waals surface area contributed by atoms with E-state index < -0.39 is 23.5 Å². The fourth-order valence-corrected chi connectivity index (χ4v) is 2.62. The van der Waals surface area contributed by atoms with Gasteiger partial charge in [-0.25, -0.2) is 4.39 Å². The van der Waals surface area contributed by atoms with Gasteiger partial charge < -0.3 is 5.32 Å². The van der Waals surface area contributed by atoms with Crippen LogP contribution in [0, 0.1) is 5.82 Å². The van der Waals surface area contributed by atoms with Crippen molar-refractivity contribution in [1.82, 2.24) is 15.3 Å². The number of rotatable bonds is 5. The number of nitrogens with zero attached hydrogens (tertiary/aromatic N) is 2. The highest BCUT2D eigenvalue weighted by Gasteiger charge is 2.30. The molecule has 29 heavy (non-hydrogen) atoms. The van der Waals surface area contributed by atoms with Crippen LogP contribution in [0.4, 0.5) is 17.6 Å². The van der Waals surface area contributed by atoms with Crippen LogP contribution in [0.15, 0.2) is 67.5 Å². The van der Waals surface area contributed by atoms with Crippen LogP contribution in [0.1, 0.15) is 11.1 Å². The maximum absolute atomic E-state index is 13.2. The molecule has 2 heterocycles. The zero-order valence-electron chi connectivity index (χ0n) is 15.0. The van der Waals surface area contributed by atoms with Crippen LogP contribution in [0.2, 0.25) is 0 Å². The van der Waals surface area contributed by atoms with Gasteiger partial charge in [0.2, 0.25) is 5.91 Å². The molecule has 0 aliphatic rings. The van der Waals surface area contributed by atoms with Crippen molar-refractivity contribution < 1.29 is 22.4 Å². The Hall–Kier alpha value is -3.55. The van der Waals surface area contributed by atoms with Crippen molar-refractivity contribution in [2.75, 3.05) is 0 Å². The molecule has 0 saturated carbocycles. The van der Waals surface area contributed by atoms with Crippen LogP contribution in [0.25, 0.3) is 22.5 Å². The second-order valence-electron chi connectivity index (χ2n) is 6.09. The number of halogens is 4. The highest BCUT2D eigenvalue weighted by Crippen LogP contribution is 2.31. The molecule has 0 unspecified atom stereocenters. The third kappa shape index (κ3) is 4.84. The number of carbonyl (C=O) groups excluding carboxylic acids is 1. The first-order valence-corrected chi connectivity index (χ1v) is 8.46. The van der Waals surface area contributed by atoms with Gasteiger partial charge in [0.05, 0.1) is 17.0 Å². The summed E-state index contributed by atoms with van der Waals surface area (Å²) < 4.78 is 51.7. The molecule has 1 aromatic carbocycles. The largest absolute Gasteiger partial charge is 0.417 e. The lowest BCUT2D eigenvalue weighted by Crippen LogP contribution is -2.20. The molecule has 0 bridgehead atoms. The first-order chi connectivity index (χ1) is 13.8. The zero-order chi connectivity index (χ0) is 21.0. The third-order valence-electron chi connectivity index (χ3n) is 4.13. The van der Waals surface area contributed by atoms with Gasteiger partial charge >= 0.3 is 6.18 Å². The lowest BCUT2D eigenvalue weighted by Gasteiger charge is -2.13. The summed E-state index contributed by atoms with van der Waals surface area (Å²) in [6.45, 7) is 3.45. The Morgan fingerprint density at radius 1 is 1.03 bits per heavy atom. The van der Waals surface area contributed by atoms with Gasteiger partial charge in [-0.15, -0.1) is 0 Å². The highest BCUT2D eigenvalue weighted by atomic mass is 19.4. The molecule has 1 amide bonds. The van der Waals surface area contributed by atoms with E-state index in [1.165, 1.54) is 24.4 Å². The monoisotopic (exact) mass is 401 g/mol. The van der Waals surface area contributed by atoms with E-state index in [0.717, 1.165) is 18.3 Å². The van der Waals surface area contributed by atoms with Crippen LogP contribution in [0.3, 0.4) is 0 Å². The van der Waals surface area contributed by atoms with Crippen LogP contribution in [-0.2, 0) is 17.5 Å². The maximum Gasteiger partial charge on any atom is 0.417 e. The van der Waals surface area contributed by atoms with Crippen molar-refractivity contribution >= 4 is 5.91 Å². The van der Waals surface area contributed by atoms with E-state index in [-0.39, 0.29) is 12.2 Å². The van der Waals surface area contributed by atoms with Crippen molar-refractivity contribution in [2.24, 2.45) is 0 Å². The Morgan fingerprint density at radius 3 is 2.31 bits per heavy atom. The first kappa shape index (κ1) is 20.2. The van der Waals surface area contributed by atoms with E-state index in [1.807, 2.05) is 0 Å². The predicted octanol–water partition coefficient (Wildman–Crippen LogP) is 4.77. The summed E-state index contributed by atoms with van der Waals surface area (Å²) in [4.78, 5) is 19.7. The van der Waals surface area contributed by atoms with Crippen molar-refractivity contribution in [1.29, 1.82) is 0 Å². The average molecular weight is 401 g/mol.